The highest BCUT2D eigenvalue weighted by Gasteiger charge is 2.26. The normalized spacial score (nSPS) is 14.6. The van der Waals surface area contributed by atoms with E-state index >= 15 is 0 Å². The first-order valence-electron chi connectivity index (χ1n) is 9.79. The number of fused-ring (bicyclic) bond motifs is 1. The monoisotopic (exact) mass is 439 g/mol. The molecular weight excluding hydrogens is 418 g/mol. The van der Waals surface area contributed by atoms with Crippen LogP contribution in [0.4, 0.5) is 5.69 Å². The lowest BCUT2D eigenvalue weighted by Crippen LogP contribution is -2.43. The largest absolute Gasteiger partial charge is 0.346 e. The van der Waals surface area contributed by atoms with Gasteiger partial charge in [0.05, 0.1) is 6.04 Å². The number of hydrogen-bond acceptors (Lipinski definition) is 4. The van der Waals surface area contributed by atoms with E-state index in [1.54, 1.807) is 35.6 Å². The molecule has 0 aliphatic carbocycles. The summed E-state index contributed by atoms with van der Waals surface area (Å²) in [5.41, 5.74) is 3.18. The van der Waals surface area contributed by atoms with E-state index in [1.165, 1.54) is 16.0 Å². The molecule has 2 heterocycles. The highest BCUT2D eigenvalue weighted by molar-refractivity contribution is 7.10. The molecule has 7 heteroatoms. The molecule has 1 atom stereocenters. The van der Waals surface area contributed by atoms with Gasteiger partial charge >= 0.3 is 11.8 Å². The molecule has 0 fully saturated rings. The van der Waals surface area contributed by atoms with Crippen molar-refractivity contribution in [1.82, 2.24) is 10.2 Å². The average Bonchev–Trinajstić information content (AvgIpc) is 3.28. The highest BCUT2D eigenvalue weighted by atomic mass is 35.5. The molecule has 1 aliphatic rings. The summed E-state index contributed by atoms with van der Waals surface area (Å²) in [7, 11) is 0. The minimum absolute atomic E-state index is 0.0151. The third kappa shape index (κ3) is 4.90. The SMILES string of the molecule is O=C(NC[C@H](c1cccs1)N1CCc2ccccc2C1)C(=O)Nc1cccc(Cl)c1. The third-order valence-electron chi connectivity index (χ3n) is 5.22. The zero-order chi connectivity index (χ0) is 20.9. The van der Waals surface area contributed by atoms with Crippen LogP contribution < -0.4 is 10.6 Å². The van der Waals surface area contributed by atoms with Gasteiger partial charge in [-0.25, -0.2) is 0 Å². The highest BCUT2D eigenvalue weighted by Crippen LogP contribution is 2.30. The fourth-order valence-electron chi connectivity index (χ4n) is 3.70. The average molecular weight is 440 g/mol. The van der Waals surface area contributed by atoms with Crippen LogP contribution in [0.5, 0.6) is 0 Å². The summed E-state index contributed by atoms with van der Waals surface area (Å²) < 4.78 is 0. The fourth-order valence-corrected chi connectivity index (χ4v) is 4.75. The van der Waals surface area contributed by atoms with Crippen LogP contribution in [0.2, 0.25) is 5.02 Å². The summed E-state index contributed by atoms with van der Waals surface area (Å²) in [5, 5.41) is 7.93. The molecule has 0 spiro atoms. The Balaban J connectivity index is 1.42. The number of anilines is 1. The molecule has 0 unspecified atom stereocenters. The van der Waals surface area contributed by atoms with Gasteiger partial charge in [0.1, 0.15) is 0 Å². The number of carbonyl (C=O) groups is 2. The number of halogens is 1. The number of thiophene rings is 1. The topological polar surface area (TPSA) is 61.4 Å². The van der Waals surface area contributed by atoms with Gasteiger partial charge in [0.15, 0.2) is 0 Å². The first-order valence-corrected chi connectivity index (χ1v) is 11.0. The standard InChI is InChI=1S/C23H22ClN3O2S/c24-18-7-3-8-19(13-18)26-23(29)22(28)25-14-20(21-9-4-12-30-21)27-11-10-16-5-1-2-6-17(16)15-27/h1-9,12-13,20H,10-11,14-15H2,(H,25,28)(H,26,29)/t20-/m1/s1. The first kappa shape index (κ1) is 20.6. The lowest BCUT2D eigenvalue weighted by Gasteiger charge is -2.35. The van der Waals surface area contributed by atoms with Crippen molar-refractivity contribution in [3.8, 4) is 0 Å². The molecule has 3 aromatic rings. The van der Waals surface area contributed by atoms with Crippen LogP contribution in [-0.4, -0.2) is 29.8 Å². The van der Waals surface area contributed by atoms with E-state index in [2.05, 4.69) is 45.9 Å². The summed E-state index contributed by atoms with van der Waals surface area (Å²) >= 11 is 7.60. The molecule has 0 saturated heterocycles. The molecule has 2 amide bonds. The molecule has 5 nitrogen and oxygen atoms in total. The lowest BCUT2D eigenvalue weighted by molar-refractivity contribution is -0.136. The minimum atomic E-state index is -0.703. The predicted molar refractivity (Wildman–Crippen MR) is 121 cm³/mol. The molecule has 2 N–H and O–H groups in total. The molecule has 0 radical (unpaired) electrons. The van der Waals surface area contributed by atoms with Crippen molar-refractivity contribution in [3.05, 3.63) is 87.1 Å². The molecule has 0 saturated carbocycles. The van der Waals surface area contributed by atoms with E-state index in [1.807, 2.05) is 11.4 Å². The van der Waals surface area contributed by atoms with Crippen molar-refractivity contribution in [2.24, 2.45) is 0 Å². The van der Waals surface area contributed by atoms with Crippen LogP contribution in [0.25, 0.3) is 0 Å². The van der Waals surface area contributed by atoms with E-state index in [9.17, 15) is 9.59 Å². The molecule has 30 heavy (non-hydrogen) atoms. The van der Waals surface area contributed by atoms with Gasteiger partial charge in [-0.1, -0.05) is 48.0 Å². The maximum absolute atomic E-state index is 12.4. The summed E-state index contributed by atoms with van der Waals surface area (Å²) in [5.74, 6) is -1.36. The lowest BCUT2D eigenvalue weighted by atomic mass is 9.98. The number of carbonyl (C=O) groups excluding carboxylic acids is 2. The summed E-state index contributed by atoms with van der Waals surface area (Å²) in [6, 6.07) is 19.3. The molecule has 4 rings (SSSR count). The van der Waals surface area contributed by atoms with Crippen LogP contribution in [0.3, 0.4) is 0 Å². The van der Waals surface area contributed by atoms with Crippen molar-refractivity contribution in [1.29, 1.82) is 0 Å². The Morgan fingerprint density at radius 2 is 1.87 bits per heavy atom. The van der Waals surface area contributed by atoms with Gasteiger partial charge in [0, 0.05) is 35.2 Å². The second kappa shape index (κ2) is 9.43. The van der Waals surface area contributed by atoms with Crippen molar-refractivity contribution in [3.63, 3.8) is 0 Å². The summed E-state index contributed by atoms with van der Waals surface area (Å²) in [6.45, 7) is 2.10. The van der Waals surface area contributed by atoms with E-state index in [0.29, 0.717) is 17.3 Å². The van der Waals surface area contributed by atoms with Gasteiger partial charge < -0.3 is 10.6 Å². The van der Waals surface area contributed by atoms with Crippen LogP contribution in [0.15, 0.2) is 66.0 Å². The van der Waals surface area contributed by atoms with Crippen molar-refractivity contribution >= 4 is 40.4 Å². The maximum atomic E-state index is 12.4. The van der Waals surface area contributed by atoms with Gasteiger partial charge in [0.25, 0.3) is 0 Å². The van der Waals surface area contributed by atoms with Crippen molar-refractivity contribution < 1.29 is 9.59 Å². The number of hydrogen-bond donors (Lipinski definition) is 2. The Labute approximate surface area is 184 Å². The Morgan fingerprint density at radius 3 is 2.63 bits per heavy atom. The van der Waals surface area contributed by atoms with E-state index in [-0.39, 0.29) is 6.04 Å². The van der Waals surface area contributed by atoms with Gasteiger partial charge in [0.2, 0.25) is 0 Å². The molecule has 2 aromatic carbocycles. The summed E-state index contributed by atoms with van der Waals surface area (Å²) in [6.07, 6.45) is 0.973. The second-order valence-corrected chi connectivity index (χ2v) is 8.61. The Kier molecular flexibility index (Phi) is 6.47. The first-order chi connectivity index (χ1) is 14.6. The quantitative estimate of drug-likeness (QED) is 0.584. The van der Waals surface area contributed by atoms with E-state index in [0.717, 1.165) is 19.5 Å². The number of amides is 2. The van der Waals surface area contributed by atoms with Crippen LogP contribution in [0.1, 0.15) is 22.0 Å². The molecule has 154 valence electrons. The van der Waals surface area contributed by atoms with Crippen LogP contribution in [0, 0.1) is 0 Å². The van der Waals surface area contributed by atoms with Crippen LogP contribution in [-0.2, 0) is 22.6 Å². The second-order valence-electron chi connectivity index (χ2n) is 7.19. The maximum Gasteiger partial charge on any atom is 0.313 e. The molecular formula is C23H22ClN3O2S. The fraction of sp³-hybridized carbons (Fsp3) is 0.217. The number of benzene rings is 2. The van der Waals surface area contributed by atoms with Gasteiger partial charge in [-0.15, -0.1) is 11.3 Å². The Morgan fingerprint density at radius 1 is 1.03 bits per heavy atom. The number of nitrogens with one attached hydrogen (secondary N) is 2. The molecule has 1 aliphatic heterocycles. The van der Waals surface area contributed by atoms with E-state index in [4.69, 9.17) is 11.6 Å². The Bertz CT molecular complexity index is 1040. The molecule has 1 aromatic heterocycles. The zero-order valence-corrected chi connectivity index (χ0v) is 17.9. The number of rotatable bonds is 5. The third-order valence-corrected chi connectivity index (χ3v) is 6.43. The van der Waals surface area contributed by atoms with Crippen molar-refractivity contribution in [2.45, 2.75) is 19.0 Å². The number of nitrogens with zero attached hydrogens (tertiary/aromatic N) is 1. The smallest absolute Gasteiger partial charge is 0.313 e. The van der Waals surface area contributed by atoms with Gasteiger partial charge in [-0.3, -0.25) is 14.5 Å². The summed E-state index contributed by atoms with van der Waals surface area (Å²) in [4.78, 5) is 28.2. The molecule has 0 bridgehead atoms. The van der Waals surface area contributed by atoms with Gasteiger partial charge in [-0.05, 0) is 47.2 Å². The minimum Gasteiger partial charge on any atom is -0.346 e. The van der Waals surface area contributed by atoms with Crippen LogP contribution >= 0.6 is 22.9 Å². The Hall–Kier alpha value is -2.67. The zero-order valence-electron chi connectivity index (χ0n) is 16.3. The van der Waals surface area contributed by atoms with Crippen molar-refractivity contribution in [2.75, 3.05) is 18.4 Å². The van der Waals surface area contributed by atoms with Gasteiger partial charge in [-0.2, -0.15) is 0 Å². The van der Waals surface area contributed by atoms with E-state index < -0.39 is 11.8 Å². The predicted octanol–water partition coefficient (Wildman–Crippen LogP) is 4.26.